The molecule has 0 saturated heterocycles. The molecule has 0 amide bonds. The Morgan fingerprint density at radius 2 is 2.04 bits per heavy atom. The van der Waals surface area contributed by atoms with E-state index in [1.165, 1.54) is 6.07 Å². The summed E-state index contributed by atoms with van der Waals surface area (Å²) in [5.41, 5.74) is 3.19. The van der Waals surface area contributed by atoms with Gasteiger partial charge in [-0.3, -0.25) is 5.43 Å². The van der Waals surface area contributed by atoms with Crippen molar-refractivity contribution < 1.29 is 13.2 Å². The van der Waals surface area contributed by atoms with Crippen molar-refractivity contribution in [3.8, 4) is 0 Å². The van der Waals surface area contributed by atoms with E-state index in [0.717, 1.165) is 37.1 Å². The molecule has 2 N–H and O–H groups in total. The monoisotopic (exact) mass is 391 g/mol. The second-order valence-electron chi connectivity index (χ2n) is 7.29. The summed E-state index contributed by atoms with van der Waals surface area (Å²) in [6, 6.07) is 3.04. The third-order valence-electron chi connectivity index (χ3n) is 4.03. The third-order valence-corrected chi connectivity index (χ3v) is 4.55. The molecule has 0 aliphatic heterocycles. The summed E-state index contributed by atoms with van der Waals surface area (Å²) in [4.78, 5) is 0. The van der Waals surface area contributed by atoms with Crippen LogP contribution in [0.5, 0.6) is 0 Å². The van der Waals surface area contributed by atoms with Crippen molar-refractivity contribution in [2.75, 3.05) is 5.32 Å². The molecule has 0 heterocycles. The minimum Gasteiger partial charge on any atom is -0.330 e. The number of nitrogens with zero attached hydrogens (tertiary/aromatic N) is 1. The van der Waals surface area contributed by atoms with Crippen LogP contribution in [0.3, 0.4) is 0 Å². The number of thiocarbonyl (C=S) groups is 1. The van der Waals surface area contributed by atoms with Crippen LogP contribution >= 0.6 is 23.8 Å². The van der Waals surface area contributed by atoms with Crippen LogP contribution in [0.4, 0.5) is 18.9 Å². The molecular weight excluding hydrogens is 371 g/mol. The highest BCUT2D eigenvalue weighted by Gasteiger charge is 2.31. The van der Waals surface area contributed by atoms with E-state index in [1.807, 2.05) is 0 Å². The predicted molar refractivity (Wildman–Crippen MR) is 100 cm³/mol. The average Bonchev–Trinajstić information content (AvgIpc) is 2.44. The lowest BCUT2D eigenvalue weighted by atomic mass is 9.72. The van der Waals surface area contributed by atoms with Gasteiger partial charge in [0.25, 0.3) is 0 Å². The first kappa shape index (κ1) is 20.0. The molecule has 1 saturated carbocycles. The first-order valence-corrected chi connectivity index (χ1v) is 8.74. The van der Waals surface area contributed by atoms with Crippen LogP contribution in [-0.2, 0) is 6.18 Å². The van der Waals surface area contributed by atoms with Crippen molar-refractivity contribution >= 4 is 40.3 Å². The summed E-state index contributed by atoms with van der Waals surface area (Å²) in [6.07, 6.45) is -1.57. The first-order valence-electron chi connectivity index (χ1n) is 7.95. The van der Waals surface area contributed by atoms with E-state index in [4.69, 9.17) is 23.8 Å². The molecule has 0 bridgehead atoms. The van der Waals surface area contributed by atoms with Crippen molar-refractivity contribution in [1.82, 2.24) is 5.43 Å². The lowest BCUT2D eigenvalue weighted by Gasteiger charge is -2.34. The molecule has 1 unspecified atom stereocenters. The number of rotatable bonds is 2. The molecule has 3 nitrogen and oxygen atoms in total. The molecule has 138 valence electrons. The number of anilines is 1. The van der Waals surface area contributed by atoms with Crippen molar-refractivity contribution in [2.45, 2.75) is 46.2 Å². The fourth-order valence-electron chi connectivity index (χ4n) is 3.28. The second-order valence-corrected chi connectivity index (χ2v) is 8.11. The van der Waals surface area contributed by atoms with Gasteiger partial charge in [-0.1, -0.05) is 32.4 Å². The van der Waals surface area contributed by atoms with E-state index < -0.39 is 11.7 Å². The van der Waals surface area contributed by atoms with Gasteiger partial charge >= 0.3 is 6.18 Å². The SMILES string of the molecule is CC1C/C(=N/NC(=S)Nc2cc(C(F)(F)F)ccc2Cl)CC(C)(C)C1. The fourth-order valence-corrected chi connectivity index (χ4v) is 3.60. The van der Waals surface area contributed by atoms with Crippen LogP contribution in [0.2, 0.25) is 5.02 Å². The molecule has 1 aromatic rings. The van der Waals surface area contributed by atoms with E-state index in [2.05, 4.69) is 36.6 Å². The van der Waals surface area contributed by atoms with E-state index in [9.17, 15) is 13.2 Å². The Kier molecular flexibility index (Phi) is 5.99. The number of hydrogen-bond donors (Lipinski definition) is 2. The van der Waals surface area contributed by atoms with E-state index in [1.54, 1.807) is 0 Å². The van der Waals surface area contributed by atoms with Crippen LogP contribution in [0, 0.1) is 11.3 Å². The standard InChI is InChI=1S/C17H21ClF3N3S/c1-10-6-12(9-16(2,3)8-10)23-24-15(25)22-14-7-11(17(19,20)21)4-5-13(14)18/h4-5,7,10H,6,8-9H2,1-3H3,(H2,22,24,25)/b23-12-. The minimum atomic E-state index is -4.44. The third kappa shape index (κ3) is 5.85. The highest BCUT2D eigenvalue weighted by atomic mass is 35.5. The fraction of sp³-hybridized carbons (Fsp3) is 0.529. The Hall–Kier alpha value is -1.34. The number of halogens is 4. The molecule has 1 aromatic carbocycles. The molecule has 1 aliphatic carbocycles. The minimum absolute atomic E-state index is 0.0894. The maximum atomic E-state index is 12.8. The topological polar surface area (TPSA) is 36.4 Å². The van der Waals surface area contributed by atoms with Crippen LogP contribution < -0.4 is 10.7 Å². The zero-order chi connectivity index (χ0) is 18.8. The van der Waals surface area contributed by atoms with Gasteiger partial charge < -0.3 is 5.32 Å². The first-order chi connectivity index (χ1) is 11.5. The molecule has 1 fully saturated rings. The Balaban J connectivity index is 2.04. The summed E-state index contributed by atoms with van der Waals surface area (Å²) in [6.45, 7) is 6.56. The van der Waals surface area contributed by atoms with Crippen LogP contribution in [0.15, 0.2) is 23.3 Å². The Morgan fingerprint density at radius 1 is 1.36 bits per heavy atom. The molecular formula is C17H21ClF3N3S. The van der Waals surface area contributed by atoms with Gasteiger partial charge in [0.05, 0.1) is 16.3 Å². The average molecular weight is 392 g/mol. The summed E-state index contributed by atoms with van der Waals surface area (Å²) < 4.78 is 38.4. The Bertz CT molecular complexity index is 686. The van der Waals surface area contributed by atoms with Gasteiger partial charge in [-0.25, -0.2) is 0 Å². The second kappa shape index (κ2) is 7.50. The largest absolute Gasteiger partial charge is 0.416 e. The van der Waals surface area contributed by atoms with Crippen LogP contribution in [0.25, 0.3) is 0 Å². The highest BCUT2D eigenvalue weighted by Crippen LogP contribution is 2.37. The van der Waals surface area contributed by atoms with Gasteiger partial charge in [0.1, 0.15) is 0 Å². The molecule has 1 atom stereocenters. The van der Waals surface area contributed by atoms with Crippen molar-refractivity contribution in [2.24, 2.45) is 16.4 Å². The van der Waals surface area contributed by atoms with E-state index >= 15 is 0 Å². The van der Waals surface area contributed by atoms with Crippen molar-refractivity contribution in [1.29, 1.82) is 0 Å². The lowest BCUT2D eigenvalue weighted by Crippen LogP contribution is -2.31. The van der Waals surface area contributed by atoms with Crippen molar-refractivity contribution in [3.63, 3.8) is 0 Å². The number of nitrogens with one attached hydrogen (secondary N) is 2. The number of hydrogen-bond acceptors (Lipinski definition) is 2. The smallest absolute Gasteiger partial charge is 0.330 e. The molecule has 0 spiro atoms. The normalized spacial score (nSPS) is 21.9. The summed E-state index contributed by atoms with van der Waals surface area (Å²) in [5, 5.41) is 7.25. The summed E-state index contributed by atoms with van der Waals surface area (Å²) in [7, 11) is 0. The van der Waals surface area contributed by atoms with Gasteiger partial charge in [-0.2, -0.15) is 18.3 Å². The Morgan fingerprint density at radius 3 is 2.64 bits per heavy atom. The van der Waals surface area contributed by atoms with Gasteiger partial charge in [0.2, 0.25) is 0 Å². The van der Waals surface area contributed by atoms with E-state index in [0.29, 0.717) is 5.92 Å². The maximum Gasteiger partial charge on any atom is 0.416 e. The van der Waals surface area contributed by atoms with E-state index in [-0.39, 0.29) is 21.2 Å². The van der Waals surface area contributed by atoms with Crippen LogP contribution in [-0.4, -0.2) is 10.8 Å². The number of alkyl halides is 3. The maximum absolute atomic E-state index is 12.8. The predicted octanol–water partition coefficient (Wildman–Crippen LogP) is 5.85. The quantitative estimate of drug-likeness (QED) is 0.490. The molecule has 0 radical (unpaired) electrons. The zero-order valence-electron chi connectivity index (χ0n) is 14.3. The van der Waals surface area contributed by atoms with Gasteiger partial charge in [-0.15, -0.1) is 0 Å². The molecule has 8 heteroatoms. The number of hydrazone groups is 1. The van der Waals surface area contributed by atoms with Gasteiger partial charge in [0, 0.05) is 5.71 Å². The van der Waals surface area contributed by atoms with Gasteiger partial charge in [-0.05, 0) is 61.0 Å². The zero-order valence-corrected chi connectivity index (χ0v) is 15.9. The molecule has 0 aromatic heterocycles. The van der Waals surface area contributed by atoms with Crippen molar-refractivity contribution in [3.05, 3.63) is 28.8 Å². The molecule has 1 aliphatic rings. The van der Waals surface area contributed by atoms with Gasteiger partial charge in [0.15, 0.2) is 5.11 Å². The van der Waals surface area contributed by atoms with Crippen LogP contribution in [0.1, 0.15) is 45.6 Å². The number of benzene rings is 1. The molecule has 2 rings (SSSR count). The highest BCUT2D eigenvalue weighted by molar-refractivity contribution is 7.80. The summed E-state index contributed by atoms with van der Waals surface area (Å²) >= 11 is 11.1. The Labute approximate surface area is 156 Å². The lowest BCUT2D eigenvalue weighted by molar-refractivity contribution is -0.137. The molecule has 25 heavy (non-hydrogen) atoms. The summed E-state index contributed by atoms with van der Waals surface area (Å²) in [5.74, 6) is 0.531.